The highest BCUT2D eigenvalue weighted by Crippen LogP contribution is 2.28. The summed E-state index contributed by atoms with van der Waals surface area (Å²) in [5, 5.41) is 0.577. The van der Waals surface area contributed by atoms with Crippen LogP contribution in [0.15, 0.2) is 36.4 Å². The molecule has 0 unspecified atom stereocenters. The van der Waals surface area contributed by atoms with Crippen molar-refractivity contribution in [3.63, 3.8) is 0 Å². The molecule has 0 radical (unpaired) electrons. The van der Waals surface area contributed by atoms with E-state index in [1.54, 1.807) is 0 Å². The Balaban J connectivity index is 2.08. The lowest BCUT2D eigenvalue weighted by atomic mass is 10.1. The third-order valence-electron chi connectivity index (χ3n) is 3.20. The van der Waals surface area contributed by atoms with Crippen LogP contribution in [0.3, 0.4) is 0 Å². The first-order chi connectivity index (χ1) is 8.27. The Morgan fingerprint density at radius 2 is 2.00 bits per heavy atom. The van der Waals surface area contributed by atoms with E-state index in [1.807, 2.05) is 36.4 Å². The molecule has 1 aromatic carbocycles. The molecule has 0 bridgehead atoms. The normalized spacial score (nSPS) is 13.7. The fourth-order valence-corrected chi connectivity index (χ4v) is 2.72. The average molecular weight is 246 g/mol. The summed E-state index contributed by atoms with van der Waals surface area (Å²) in [7, 11) is 0. The van der Waals surface area contributed by atoms with E-state index in [4.69, 9.17) is 11.6 Å². The highest BCUT2D eigenvalue weighted by Gasteiger charge is 2.23. The number of fused-ring (bicyclic) bond motifs is 1. The second-order valence-corrected chi connectivity index (χ2v) is 4.69. The predicted octanol–water partition coefficient (Wildman–Crippen LogP) is 3.32. The molecule has 3 heteroatoms. The minimum absolute atomic E-state index is 0.0174. The van der Waals surface area contributed by atoms with Gasteiger partial charge in [-0.2, -0.15) is 0 Å². The first-order valence-electron chi connectivity index (χ1n) is 5.75. The van der Waals surface area contributed by atoms with E-state index in [2.05, 4.69) is 4.57 Å². The third kappa shape index (κ3) is 1.69. The number of hydrogen-bond donors (Lipinski definition) is 0. The van der Waals surface area contributed by atoms with E-state index in [0.717, 1.165) is 19.4 Å². The monoisotopic (exact) mass is 245 g/mol. The van der Waals surface area contributed by atoms with E-state index >= 15 is 0 Å². The topological polar surface area (TPSA) is 22.0 Å². The largest absolute Gasteiger partial charge is 0.341 e. The molecule has 2 nitrogen and oxygen atoms in total. The maximum atomic E-state index is 12.4. The molecule has 0 aliphatic carbocycles. The number of benzene rings is 1. The van der Waals surface area contributed by atoms with Crippen LogP contribution < -0.4 is 0 Å². The van der Waals surface area contributed by atoms with E-state index in [0.29, 0.717) is 16.3 Å². The van der Waals surface area contributed by atoms with Crippen molar-refractivity contribution in [1.29, 1.82) is 0 Å². The van der Waals surface area contributed by atoms with Crippen LogP contribution in [0.1, 0.15) is 28.2 Å². The Labute approximate surface area is 105 Å². The number of ketones is 1. The highest BCUT2D eigenvalue weighted by molar-refractivity contribution is 6.34. The number of carbonyl (C=O) groups excluding carboxylic acids is 1. The maximum Gasteiger partial charge on any atom is 0.210 e. The molecule has 0 atom stereocenters. The smallest absolute Gasteiger partial charge is 0.210 e. The summed E-state index contributed by atoms with van der Waals surface area (Å²) in [6.45, 7) is 0.899. The van der Waals surface area contributed by atoms with Gasteiger partial charge in [0.05, 0.1) is 5.02 Å². The first-order valence-corrected chi connectivity index (χ1v) is 6.13. The minimum atomic E-state index is 0.0174. The quantitative estimate of drug-likeness (QED) is 0.744. The average Bonchev–Trinajstić information content (AvgIpc) is 2.89. The molecule has 17 heavy (non-hydrogen) atoms. The summed E-state index contributed by atoms with van der Waals surface area (Å²) in [4.78, 5) is 12.4. The van der Waals surface area contributed by atoms with Crippen molar-refractivity contribution >= 4 is 17.4 Å². The number of nitrogens with zero attached hydrogens (tertiary/aromatic N) is 1. The van der Waals surface area contributed by atoms with Crippen LogP contribution in [0.4, 0.5) is 0 Å². The number of aryl methyl sites for hydroxylation is 1. The minimum Gasteiger partial charge on any atom is -0.341 e. The van der Waals surface area contributed by atoms with Crippen LogP contribution in [-0.2, 0) is 13.0 Å². The number of rotatable bonds is 2. The summed E-state index contributed by atoms with van der Waals surface area (Å²) in [5.41, 5.74) is 2.52. The molecule has 2 aromatic rings. The Morgan fingerprint density at radius 1 is 1.24 bits per heavy atom. The van der Waals surface area contributed by atoms with Gasteiger partial charge in [0, 0.05) is 17.8 Å². The van der Waals surface area contributed by atoms with Crippen LogP contribution in [-0.4, -0.2) is 10.4 Å². The summed E-state index contributed by atoms with van der Waals surface area (Å²) in [5.74, 6) is 0.0174. The van der Waals surface area contributed by atoms with E-state index in [-0.39, 0.29) is 5.78 Å². The second-order valence-electron chi connectivity index (χ2n) is 4.28. The fraction of sp³-hybridized carbons (Fsp3) is 0.214. The molecular formula is C14H12ClNO. The lowest BCUT2D eigenvalue weighted by molar-refractivity contribution is 0.103. The van der Waals surface area contributed by atoms with Gasteiger partial charge in [-0.25, -0.2) is 0 Å². The molecule has 1 aromatic heterocycles. The Bertz CT molecular complexity index is 571. The zero-order valence-electron chi connectivity index (χ0n) is 9.32. The number of carbonyl (C=O) groups is 1. The molecule has 1 aliphatic rings. The zero-order chi connectivity index (χ0) is 11.8. The molecule has 3 rings (SSSR count). The Morgan fingerprint density at radius 3 is 2.76 bits per heavy atom. The van der Waals surface area contributed by atoms with Gasteiger partial charge in [-0.15, -0.1) is 0 Å². The number of aromatic nitrogens is 1. The standard InChI is InChI=1S/C14H12ClNO/c15-12-9-11-7-4-8-16(11)13(12)14(17)10-5-2-1-3-6-10/h1-3,5-6,9H,4,7-8H2. The second kappa shape index (κ2) is 4.04. The van der Waals surface area contributed by atoms with Gasteiger partial charge in [0.25, 0.3) is 0 Å². The molecule has 2 heterocycles. The van der Waals surface area contributed by atoms with Crippen molar-refractivity contribution in [2.24, 2.45) is 0 Å². The molecule has 0 fully saturated rings. The third-order valence-corrected chi connectivity index (χ3v) is 3.49. The zero-order valence-corrected chi connectivity index (χ0v) is 10.1. The lowest BCUT2D eigenvalue weighted by Gasteiger charge is -2.06. The molecular weight excluding hydrogens is 234 g/mol. The SMILES string of the molecule is O=C(c1ccccc1)c1c(Cl)cc2n1CCC2. The number of halogens is 1. The molecule has 0 saturated heterocycles. The summed E-state index contributed by atoms with van der Waals surface area (Å²) in [6.07, 6.45) is 2.11. The van der Waals surface area contributed by atoms with Gasteiger partial charge in [-0.05, 0) is 18.9 Å². The van der Waals surface area contributed by atoms with Gasteiger partial charge in [-0.1, -0.05) is 41.9 Å². The predicted molar refractivity (Wildman–Crippen MR) is 67.6 cm³/mol. The highest BCUT2D eigenvalue weighted by atomic mass is 35.5. The van der Waals surface area contributed by atoms with Crippen molar-refractivity contribution in [3.05, 3.63) is 58.4 Å². The van der Waals surface area contributed by atoms with Crippen molar-refractivity contribution in [2.75, 3.05) is 0 Å². The molecule has 0 amide bonds. The lowest BCUT2D eigenvalue weighted by Crippen LogP contribution is -2.09. The van der Waals surface area contributed by atoms with E-state index in [9.17, 15) is 4.79 Å². The van der Waals surface area contributed by atoms with Crippen LogP contribution in [0.25, 0.3) is 0 Å². The Kier molecular flexibility index (Phi) is 2.52. The Hall–Kier alpha value is -1.54. The van der Waals surface area contributed by atoms with Crippen LogP contribution in [0.5, 0.6) is 0 Å². The van der Waals surface area contributed by atoms with E-state index in [1.165, 1.54) is 5.69 Å². The van der Waals surface area contributed by atoms with Gasteiger partial charge < -0.3 is 4.57 Å². The molecule has 86 valence electrons. The van der Waals surface area contributed by atoms with Gasteiger partial charge in [0.1, 0.15) is 5.69 Å². The van der Waals surface area contributed by atoms with Gasteiger partial charge in [0.15, 0.2) is 0 Å². The fourth-order valence-electron chi connectivity index (χ4n) is 2.40. The molecule has 0 N–H and O–H groups in total. The number of hydrogen-bond acceptors (Lipinski definition) is 1. The van der Waals surface area contributed by atoms with Crippen LogP contribution in [0, 0.1) is 0 Å². The van der Waals surface area contributed by atoms with Crippen LogP contribution in [0.2, 0.25) is 5.02 Å². The molecule has 0 spiro atoms. The van der Waals surface area contributed by atoms with Gasteiger partial charge in [0.2, 0.25) is 5.78 Å². The summed E-state index contributed by atoms with van der Waals surface area (Å²) < 4.78 is 2.05. The van der Waals surface area contributed by atoms with Crippen molar-refractivity contribution in [1.82, 2.24) is 4.57 Å². The summed E-state index contributed by atoms with van der Waals surface area (Å²) in [6, 6.07) is 11.2. The van der Waals surface area contributed by atoms with E-state index < -0.39 is 0 Å². The maximum absolute atomic E-state index is 12.4. The first kappa shape index (κ1) is 10.6. The van der Waals surface area contributed by atoms with Crippen molar-refractivity contribution in [3.8, 4) is 0 Å². The van der Waals surface area contributed by atoms with Crippen molar-refractivity contribution < 1.29 is 4.79 Å². The van der Waals surface area contributed by atoms with Crippen LogP contribution >= 0.6 is 11.6 Å². The summed E-state index contributed by atoms with van der Waals surface area (Å²) >= 11 is 6.17. The molecule has 0 saturated carbocycles. The molecule has 1 aliphatic heterocycles. The van der Waals surface area contributed by atoms with Crippen molar-refractivity contribution in [2.45, 2.75) is 19.4 Å². The van der Waals surface area contributed by atoms with Gasteiger partial charge >= 0.3 is 0 Å². The van der Waals surface area contributed by atoms with Gasteiger partial charge in [-0.3, -0.25) is 4.79 Å².